The molecule has 1 saturated heterocycles. The van der Waals surface area contributed by atoms with E-state index in [4.69, 9.17) is 9.47 Å². The molecule has 2 aromatic rings. The van der Waals surface area contributed by atoms with Crippen LogP contribution in [0.2, 0.25) is 0 Å². The number of anilines is 2. The summed E-state index contributed by atoms with van der Waals surface area (Å²) in [6.45, 7) is 0.536. The number of fused-ring (bicyclic) bond motifs is 1. The maximum Gasteiger partial charge on any atom is 0.231 e. The average Bonchev–Trinajstić information content (AvgIpc) is 3.47. The SMILES string of the molecule is O=C(Nc1ccnn1C1CCCC1)C1CC(=O)N(c2ccc3c(c2)OCO3)C1. The Bertz CT molecular complexity index is 919. The van der Waals surface area contributed by atoms with E-state index >= 15 is 0 Å². The van der Waals surface area contributed by atoms with Crippen LogP contribution in [0.1, 0.15) is 38.1 Å². The molecule has 8 heteroatoms. The third kappa shape index (κ3) is 2.98. The highest BCUT2D eigenvalue weighted by Gasteiger charge is 2.36. The van der Waals surface area contributed by atoms with Crippen LogP contribution in [0.15, 0.2) is 30.5 Å². The number of rotatable bonds is 4. The molecule has 1 N–H and O–H groups in total. The van der Waals surface area contributed by atoms with Crippen molar-refractivity contribution in [2.45, 2.75) is 38.1 Å². The van der Waals surface area contributed by atoms with E-state index < -0.39 is 5.92 Å². The number of hydrogen-bond acceptors (Lipinski definition) is 5. The second-order valence-electron chi connectivity index (χ2n) is 7.53. The highest BCUT2D eigenvalue weighted by molar-refractivity contribution is 6.03. The van der Waals surface area contributed by atoms with Crippen LogP contribution in [0.3, 0.4) is 0 Å². The van der Waals surface area contributed by atoms with Gasteiger partial charge in [-0.15, -0.1) is 0 Å². The number of ether oxygens (including phenoxy) is 2. The third-order valence-electron chi connectivity index (χ3n) is 5.76. The van der Waals surface area contributed by atoms with Crippen molar-refractivity contribution >= 4 is 23.3 Å². The molecular formula is C20H22N4O4. The first kappa shape index (κ1) is 17.1. The van der Waals surface area contributed by atoms with Gasteiger partial charge in [0.1, 0.15) is 5.82 Å². The molecule has 1 aromatic heterocycles. The third-order valence-corrected chi connectivity index (χ3v) is 5.76. The van der Waals surface area contributed by atoms with E-state index in [1.165, 1.54) is 12.8 Å². The molecule has 2 amide bonds. The van der Waals surface area contributed by atoms with Gasteiger partial charge in [0.25, 0.3) is 0 Å². The van der Waals surface area contributed by atoms with Crippen molar-refractivity contribution in [2.75, 3.05) is 23.6 Å². The predicted octanol–water partition coefficient (Wildman–Crippen LogP) is 2.72. The lowest BCUT2D eigenvalue weighted by Crippen LogP contribution is -2.29. The molecular weight excluding hydrogens is 360 g/mol. The van der Waals surface area contributed by atoms with E-state index in [9.17, 15) is 9.59 Å². The van der Waals surface area contributed by atoms with E-state index in [-0.39, 0.29) is 25.0 Å². The number of aromatic nitrogens is 2. The van der Waals surface area contributed by atoms with Crippen molar-refractivity contribution in [1.82, 2.24) is 9.78 Å². The van der Waals surface area contributed by atoms with Crippen molar-refractivity contribution in [3.8, 4) is 11.5 Å². The summed E-state index contributed by atoms with van der Waals surface area (Å²) in [5, 5.41) is 7.37. The number of amides is 2. The summed E-state index contributed by atoms with van der Waals surface area (Å²) in [6, 6.07) is 7.57. The van der Waals surface area contributed by atoms with Crippen LogP contribution in [0.5, 0.6) is 11.5 Å². The summed E-state index contributed by atoms with van der Waals surface area (Å²) in [4.78, 5) is 27.0. The minimum atomic E-state index is -0.398. The second-order valence-corrected chi connectivity index (χ2v) is 7.53. The van der Waals surface area contributed by atoms with Crippen molar-refractivity contribution < 1.29 is 19.1 Å². The van der Waals surface area contributed by atoms with Gasteiger partial charge in [-0.25, -0.2) is 4.68 Å². The number of nitrogens with zero attached hydrogens (tertiary/aromatic N) is 3. The van der Waals surface area contributed by atoms with Gasteiger partial charge in [-0.2, -0.15) is 5.10 Å². The van der Waals surface area contributed by atoms with Gasteiger partial charge < -0.3 is 19.7 Å². The van der Waals surface area contributed by atoms with Gasteiger partial charge in [0.15, 0.2) is 11.5 Å². The Kier molecular flexibility index (Phi) is 4.18. The summed E-state index contributed by atoms with van der Waals surface area (Å²) in [5.41, 5.74) is 0.723. The van der Waals surface area contributed by atoms with Crippen molar-refractivity contribution in [1.29, 1.82) is 0 Å². The maximum atomic E-state index is 12.8. The van der Waals surface area contributed by atoms with Gasteiger partial charge in [-0.05, 0) is 25.0 Å². The standard InChI is InChI=1S/C20H22N4O4/c25-19-9-13(11-23(19)15-5-6-16-17(10-15)28-12-27-16)20(26)22-18-7-8-21-24(18)14-3-1-2-4-14/h5-8,10,13-14H,1-4,9,11-12H2,(H,22,26). The fraction of sp³-hybridized carbons (Fsp3) is 0.450. The fourth-order valence-electron chi connectivity index (χ4n) is 4.27. The van der Waals surface area contributed by atoms with Crippen LogP contribution >= 0.6 is 0 Å². The smallest absolute Gasteiger partial charge is 0.231 e. The van der Waals surface area contributed by atoms with Crippen LogP contribution in [0, 0.1) is 5.92 Å². The Morgan fingerprint density at radius 1 is 1.14 bits per heavy atom. The molecule has 1 saturated carbocycles. The highest BCUT2D eigenvalue weighted by atomic mass is 16.7. The summed E-state index contributed by atoms with van der Waals surface area (Å²) >= 11 is 0. The van der Waals surface area contributed by atoms with E-state index in [2.05, 4.69) is 10.4 Å². The zero-order valence-electron chi connectivity index (χ0n) is 15.5. The minimum absolute atomic E-state index is 0.0664. The summed E-state index contributed by atoms with van der Waals surface area (Å²) in [5.74, 6) is 1.40. The molecule has 8 nitrogen and oxygen atoms in total. The van der Waals surface area contributed by atoms with Gasteiger partial charge >= 0.3 is 0 Å². The lowest BCUT2D eigenvalue weighted by Gasteiger charge is -2.18. The molecule has 0 bridgehead atoms. The molecule has 0 radical (unpaired) electrons. The lowest BCUT2D eigenvalue weighted by molar-refractivity contribution is -0.122. The van der Waals surface area contributed by atoms with Crippen molar-refractivity contribution in [3.05, 3.63) is 30.5 Å². The van der Waals surface area contributed by atoms with Gasteiger partial charge in [-0.3, -0.25) is 9.59 Å². The van der Waals surface area contributed by atoms with Crippen LogP contribution < -0.4 is 19.7 Å². The van der Waals surface area contributed by atoms with Gasteiger partial charge in [0, 0.05) is 30.8 Å². The molecule has 1 atom stereocenters. The summed E-state index contributed by atoms with van der Waals surface area (Å²) < 4.78 is 12.6. The minimum Gasteiger partial charge on any atom is -0.454 e. The molecule has 1 aromatic carbocycles. The van der Waals surface area contributed by atoms with E-state index in [1.54, 1.807) is 23.2 Å². The quantitative estimate of drug-likeness (QED) is 0.879. The number of hydrogen-bond donors (Lipinski definition) is 1. The molecule has 1 unspecified atom stereocenters. The van der Waals surface area contributed by atoms with E-state index in [0.717, 1.165) is 18.5 Å². The number of carbonyl (C=O) groups is 2. The normalized spacial score (nSPS) is 21.5. The topological polar surface area (TPSA) is 85.7 Å². The molecule has 5 rings (SSSR count). The van der Waals surface area contributed by atoms with Crippen LogP contribution in [0.4, 0.5) is 11.5 Å². The molecule has 28 heavy (non-hydrogen) atoms. The number of carbonyl (C=O) groups excluding carboxylic acids is 2. The molecule has 2 aliphatic heterocycles. The van der Waals surface area contributed by atoms with Gasteiger partial charge in [0.05, 0.1) is 18.2 Å². The van der Waals surface area contributed by atoms with E-state index in [0.29, 0.717) is 29.9 Å². The first-order valence-electron chi connectivity index (χ1n) is 9.73. The summed E-state index contributed by atoms with van der Waals surface area (Å²) in [7, 11) is 0. The first-order chi connectivity index (χ1) is 13.7. The largest absolute Gasteiger partial charge is 0.454 e. The van der Waals surface area contributed by atoms with Crippen molar-refractivity contribution in [3.63, 3.8) is 0 Å². The molecule has 146 valence electrons. The molecule has 0 spiro atoms. The average molecular weight is 382 g/mol. The van der Waals surface area contributed by atoms with Crippen LogP contribution in [0.25, 0.3) is 0 Å². The van der Waals surface area contributed by atoms with Gasteiger partial charge in [0.2, 0.25) is 18.6 Å². The zero-order chi connectivity index (χ0) is 19.1. The Balaban J connectivity index is 1.28. The molecule has 2 fully saturated rings. The number of benzene rings is 1. The van der Waals surface area contributed by atoms with E-state index in [1.807, 2.05) is 16.8 Å². The van der Waals surface area contributed by atoms with Crippen molar-refractivity contribution in [2.24, 2.45) is 5.92 Å². The number of nitrogens with one attached hydrogen (secondary N) is 1. The molecule has 3 heterocycles. The van der Waals surface area contributed by atoms with Crippen LogP contribution in [-0.4, -0.2) is 34.9 Å². The Labute approximate surface area is 162 Å². The Hall–Kier alpha value is -3.03. The molecule has 3 aliphatic rings. The monoisotopic (exact) mass is 382 g/mol. The Morgan fingerprint density at radius 3 is 2.82 bits per heavy atom. The van der Waals surface area contributed by atoms with Gasteiger partial charge in [-0.1, -0.05) is 12.8 Å². The maximum absolute atomic E-state index is 12.8. The zero-order valence-corrected chi connectivity index (χ0v) is 15.5. The summed E-state index contributed by atoms with van der Waals surface area (Å²) in [6.07, 6.45) is 6.47. The first-order valence-corrected chi connectivity index (χ1v) is 9.73. The predicted molar refractivity (Wildman–Crippen MR) is 101 cm³/mol. The highest BCUT2D eigenvalue weighted by Crippen LogP contribution is 2.37. The van der Waals surface area contributed by atoms with Crippen LogP contribution in [-0.2, 0) is 9.59 Å². The molecule has 1 aliphatic carbocycles. The second kappa shape index (κ2) is 6.85. The lowest BCUT2D eigenvalue weighted by atomic mass is 10.1. The fourth-order valence-corrected chi connectivity index (χ4v) is 4.27. The Morgan fingerprint density at radius 2 is 1.96 bits per heavy atom.